The molecule has 0 amide bonds. The third kappa shape index (κ3) is 4.67. The van der Waals surface area contributed by atoms with E-state index in [-0.39, 0.29) is 0 Å². The fourth-order valence-corrected chi connectivity index (χ4v) is 2.56. The molecular weight excluding hydrogens is 204 g/mol. The minimum atomic E-state index is 0.683. The molecule has 15 heavy (non-hydrogen) atoms. The second-order valence-electron chi connectivity index (χ2n) is 4.10. The van der Waals surface area contributed by atoms with Crippen LogP contribution >= 0.6 is 11.8 Å². The Labute approximate surface area is 96.9 Å². The van der Waals surface area contributed by atoms with Gasteiger partial charge in [-0.25, -0.2) is 4.98 Å². The summed E-state index contributed by atoms with van der Waals surface area (Å²) < 4.78 is 0. The van der Waals surface area contributed by atoms with Crippen molar-refractivity contribution in [2.75, 3.05) is 19.3 Å². The van der Waals surface area contributed by atoms with Gasteiger partial charge < -0.3 is 5.32 Å². The van der Waals surface area contributed by atoms with Crippen LogP contribution in [0.4, 0.5) is 0 Å². The van der Waals surface area contributed by atoms with Crippen LogP contribution in [0, 0.1) is 19.8 Å². The summed E-state index contributed by atoms with van der Waals surface area (Å²) in [4.78, 5) is 4.51. The lowest BCUT2D eigenvalue weighted by molar-refractivity contribution is 0.603. The minimum absolute atomic E-state index is 0.683. The lowest BCUT2D eigenvalue weighted by Gasteiger charge is -2.10. The van der Waals surface area contributed by atoms with E-state index in [2.05, 4.69) is 36.3 Å². The van der Waals surface area contributed by atoms with Gasteiger partial charge in [-0.15, -0.1) is 11.8 Å². The molecule has 0 aromatic carbocycles. The molecule has 1 rings (SSSR count). The van der Waals surface area contributed by atoms with E-state index in [1.807, 2.05) is 25.7 Å². The summed E-state index contributed by atoms with van der Waals surface area (Å²) in [6, 6.07) is 4.27. The number of hydrogen-bond acceptors (Lipinski definition) is 3. The van der Waals surface area contributed by atoms with Gasteiger partial charge in [-0.1, -0.05) is 6.92 Å². The number of pyridine rings is 1. The Morgan fingerprint density at radius 3 is 2.73 bits per heavy atom. The topological polar surface area (TPSA) is 24.9 Å². The number of hydrogen-bond donors (Lipinski definition) is 1. The molecule has 0 aliphatic carbocycles. The predicted octanol–water partition coefficient (Wildman–Crippen LogP) is 2.65. The second-order valence-corrected chi connectivity index (χ2v) is 5.14. The monoisotopic (exact) mass is 224 g/mol. The summed E-state index contributed by atoms with van der Waals surface area (Å²) in [7, 11) is 2.00. The average Bonchev–Trinajstić information content (AvgIpc) is 2.14. The van der Waals surface area contributed by atoms with Gasteiger partial charge in [-0.3, -0.25) is 0 Å². The zero-order valence-corrected chi connectivity index (χ0v) is 10.8. The first-order chi connectivity index (χ1) is 7.11. The molecule has 0 radical (unpaired) electrons. The van der Waals surface area contributed by atoms with Gasteiger partial charge in [0.1, 0.15) is 0 Å². The Balaban J connectivity index is 2.50. The largest absolute Gasteiger partial charge is 0.319 e. The quantitative estimate of drug-likeness (QED) is 0.778. The molecule has 84 valence electrons. The van der Waals surface area contributed by atoms with Crippen molar-refractivity contribution in [1.29, 1.82) is 0 Å². The molecule has 1 heterocycles. The summed E-state index contributed by atoms with van der Waals surface area (Å²) in [5, 5.41) is 4.34. The third-order valence-corrected chi connectivity index (χ3v) is 3.38. The highest BCUT2D eigenvalue weighted by molar-refractivity contribution is 7.99. The maximum Gasteiger partial charge on any atom is 0.0965 e. The van der Waals surface area contributed by atoms with Crippen LogP contribution in [0.1, 0.15) is 18.2 Å². The number of thioether (sulfide) groups is 1. The molecule has 0 fully saturated rings. The minimum Gasteiger partial charge on any atom is -0.319 e. The fourth-order valence-electron chi connectivity index (χ4n) is 1.51. The van der Waals surface area contributed by atoms with Crippen molar-refractivity contribution in [3.63, 3.8) is 0 Å². The van der Waals surface area contributed by atoms with Gasteiger partial charge in [0, 0.05) is 11.4 Å². The van der Waals surface area contributed by atoms with E-state index in [0.717, 1.165) is 23.0 Å². The smallest absolute Gasteiger partial charge is 0.0965 e. The Morgan fingerprint density at radius 1 is 1.40 bits per heavy atom. The number of aryl methyl sites for hydroxylation is 2. The number of nitrogens with zero attached hydrogens (tertiary/aromatic N) is 1. The van der Waals surface area contributed by atoms with Crippen LogP contribution in [0.5, 0.6) is 0 Å². The van der Waals surface area contributed by atoms with Crippen molar-refractivity contribution in [3.05, 3.63) is 23.4 Å². The van der Waals surface area contributed by atoms with Crippen LogP contribution in [-0.2, 0) is 0 Å². The highest BCUT2D eigenvalue weighted by Crippen LogP contribution is 2.20. The van der Waals surface area contributed by atoms with E-state index in [9.17, 15) is 0 Å². The Kier molecular flexibility index (Phi) is 5.12. The van der Waals surface area contributed by atoms with Crippen molar-refractivity contribution >= 4 is 11.8 Å². The van der Waals surface area contributed by atoms with Crippen LogP contribution in [-0.4, -0.2) is 24.3 Å². The zero-order chi connectivity index (χ0) is 11.3. The number of aromatic nitrogens is 1. The molecule has 0 aliphatic rings. The summed E-state index contributed by atoms with van der Waals surface area (Å²) in [6.07, 6.45) is 0. The first kappa shape index (κ1) is 12.5. The molecule has 0 aliphatic heterocycles. The van der Waals surface area contributed by atoms with E-state index in [1.54, 1.807) is 0 Å². The lowest BCUT2D eigenvalue weighted by Crippen LogP contribution is -2.17. The molecule has 0 spiro atoms. The molecule has 0 bridgehead atoms. The van der Waals surface area contributed by atoms with E-state index in [0.29, 0.717) is 5.92 Å². The fraction of sp³-hybridized carbons (Fsp3) is 0.583. The summed E-state index contributed by atoms with van der Waals surface area (Å²) in [5.41, 5.74) is 2.41. The van der Waals surface area contributed by atoms with Gasteiger partial charge in [-0.05, 0) is 51.1 Å². The maximum absolute atomic E-state index is 4.51. The normalized spacial score (nSPS) is 12.8. The molecular formula is C12H20N2S. The summed E-state index contributed by atoms with van der Waals surface area (Å²) >= 11 is 1.85. The Hall–Kier alpha value is -0.540. The van der Waals surface area contributed by atoms with Crippen molar-refractivity contribution in [2.24, 2.45) is 5.92 Å². The van der Waals surface area contributed by atoms with Crippen molar-refractivity contribution in [2.45, 2.75) is 25.8 Å². The second kappa shape index (κ2) is 6.13. The predicted molar refractivity (Wildman–Crippen MR) is 67.5 cm³/mol. The third-order valence-electron chi connectivity index (χ3n) is 2.14. The van der Waals surface area contributed by atoms with E-state index in [4.69, 9.17) is 0 Å². The number of rotatable bonds is 5. The Bertz CT molecular complexity index is 292. The zero-order valence-electron chi connectivity index (χ0n) is 10.0. The maximum atomic E-state index is 4.51. The first-order valence-electron chi connectivity index (χ1n) is 5.34. The van der Waals surface area contributed by atoms with Crippen molar-refractivity contribution in [1.82, 2.24) is 10.3 Å². The van der Waals surface area contributed by atoms with E-state index < -0.39 is 0 Å². The molecule has 1 atom stereocenters. The van der Waals surface area contributed by atoms with Gasteiger partial charge in [0.15, 0.2) is 0 Å². The van der Waals surface area contributed by atoms with Gasteiger partial charge in [-0.2, -0.15) is 0 Å². The summed E-state index contributed by atoms with van der Waals surface area (Å²) in [5.74, 6) is 1.80. The van der Waals surface area contributed by atoms with E-state index >= 15 is 0 Å². The standard InChI is InChI=1S/C12H20N2S/c1-9-5-11(3)14-12(6-9)15-8-10(2)7-13-4/h5-6,10,13H,7-8H2,1-4H3. The lowest BCUT2D eigenvalue weighted by atomic mass is 10.2. The number of nitrogens with one attached hydrogen (secondary N) is 1. The molecule has 0 saturated carbocycles. The SMILES string of the molecule is CNCC(C)CSc1cc(C)cc(C)n1. The molecule has 0 saturated heterocycles. The van der Waals surface area contributed by atoms with Gasteiger partial charge >= 0.3 is 0 Å². The van der Waals surface area contributed by atoms with Gasteiger partial charge in [0.2, 0.25) is 0 Å². The van der Waals surface area contributed by atoms with Gasteiger partial charge in [0.25, 0.3) is 0 Å². The van der Waals surface area contributed by atoms with Crippen LogP contribution in [0.2, 0.25) is 0 Å². The van der Waals surface area contributed by atoms with Gasteiger partial charge in [0.05, 0.1) is 5.03 Å². The van der Waals surface area contributed by atoms with E-state index in [1.165, 1.54) is 5.56 Å². The average molecular weight is 224 g/mol. The molecule has 1 unspecified atom stereocenters. The van der Waals surface area contributed by atoms with Crippen molar-refractivity contribution in [3.8, 4) is 0 Å². The molecule has 1 aromatic rings. The Morgan fingerprint density at radius 2 is 2.13 bits per heavy atom. The van der Waals surface area contributed by atoms with Crippen LogP contribution < -0.4 is 5.32 Å². The van der Waals surface area contributed by atoms with Crippen LogP contribution in [0.3, 0.4) is 0 Å². The van der Waals surface area contributed by atoms with Crippen molar-refractivity contribution < 1.29 is 0 Å². The molecule has 1 aromatic heterocycles. The molecule has 3 heteroatoms. The molecule has 1 N–H and O–H groups in total. The van der Waals surface area contributed by atoms with Crippen LogP contribution in [0.25, 0.3) is 0 Å². The highest BCUT2D eigenvalue weighted by Gasteiger charge is 2.03. The summed E-state index contributed by atoms with van der Waals surface area (Å²) in [6.45, 7) is 7.49. The highest BCUT2D eigenvalue weighted by atomic mass is 32.2. The molecule has 2 nitrogen and oxygen atoms in total. The van der Waals surface area contributed by atoms with Crippen LogP contribution in [0.15, 0.2) is 17.2 Å². The first-order valence-corrected chi connectivity index (χ1v) is 6.33.